The summed E-state index contributed by atoms with van der Waals surface area (Å²) in [6.07, 6.45) is 8.67. The maximum Gasteiger partial charge on any atom is 0.223 e. The van der Waals surface area contributed by atoms with Gasteiger partial charge in [-0.15, -0.1) is 0 Å². The lowest BCUT2D eigenvalue weighted by atomic mass is 10.1. The summed E-state index contributed by atoms with van der Waals surface area (Å²) in [5.41, 5.74) is 1.12. The quantitative estimate of drug-likeness (QED) is 0.772. The third kappa shape index (κ3) is 3.80. The molecule has 0 atom stereocenters. The number of benzene rings is 1. The molecular weight excluding hydrogens is 290 g/mol. The van der Waals surface area contributed by atoms with Gasteiger partial charge in [-0.2, -0.15) is 0 Å². The monoisotopic (exact) mass is 317 g/mol. The SMILES string of the molecule is COc1ccc(CCC(=O)N(C2CCCC2)C2CC2)cc1OC. The highest BCUT2D eigenvalue weighted by molar-refractivity contribution is 5.77. The van der Waals surface area contributed by atoms with E-state index in [2.05, 4.69) is 4.90 Å². The van der Waals surface area contributed by atoms with Crippen LogP contribution in [0.3, 0.4) is 0 Å². The number of aryl methyl sites for hydroxylation is 1. The van der Waals surface area contributed by atoms with Crippen LogP contribution in [0.2, 0.25) is 0 Å². The van der Waals surface area contributed by atoms with Crippen LogP contribution in [0.5, 0.6) is 11.5 Å². The molecule has 1 aromatic carbocycles. The summed E-state index contributed by atoms with van der Waals surface area (Å²) in [5.74, 6) is 1.79. The fourth-order valence-corrected chi connectivity index (χ4v) is 3.66. The van der Waals surface area contributed by atoms with E-state index >= 15 is 0 Å². The van der Waals surface area contributed by atoms with Gasteiger partial charge in [-0.3, -0.25) is 4.79 Å². The van der Waals surface area contributed by atoms with Crippen LogP contribution in [0.4, 0.5) is 0 Å². The minimum absolute atomic E-state index is 0.328. The lowest BCUT2D eigenvalue weighted by Gasteiger charge is -2.29. The van der Waals surface area contributed by atoms with Crippen LogP contribution < -0.4 is 9.47 Å². The summed E-state index contributed by atoms with van der Waals surface area (Å²) in [5, 5.41) is 0. The predicted molar refractivity (Wildman–Crippen MR) is 90.0 cm³/mol. The van der Waals surface area contributed by atoms with Crippen LogP contribution in [0.15, 0.2) is 18.2 Å². The average molecular weight is 317 g/mol. The van der Waals surface area contributed by atoms with E-state index in [4.69, 9.17) is 9.47 Å². The van der Waals surface area contributed by atoms with Gasteiger partial charge in [0, 0.05) is 18.5 Å². The van der Waals surface area contributed by atoms with Crippen molar-refractivity contribution in [3.05, 3.63) is 23.8 Å². The summed E-state index contributed by atoms with van der Waals surface area (Å²) in [6.45, 7) is 0. The number of carbonyl (C=O) groups excluding carboxylic acids is 1. The molecule has 1 aromatic rings. The Kier molecular flexibility index (Phi) is 5.09. The molecule has 0 aliphatic heterocycles. The molecule has 2 fully saturated rings. The fraction of sp³-hybridized carbons (Fsp3) is 0.632. The topological polar surface area (TPSA) is 38.8 Å². The Morgan fingerprint density at radius 1 is 1.04 bits per heavy atom. The number of amides is 1. The van der Waals surface area contributed by atoms with E-state index in [0.29, 0.717) is 24.4 Å². The maximum absolute atomic E-state index is 12.7. The Balaban J connectivity index is 1.61. The number of hydrogen-bond donors (Lipinski definition) is 0. The first-order valence-electron chi connectivity index (χ1n) is 8.75. The molecule has 4 nitrogen and oxygen atoms in total. The van der Waals surface area contributed by atoms with Gasteiger partial charge < -0.3 is 14.4 Å². The highest BCUT2D eigenvalue weighted by atomic mass is 16.5. The van der Waals surface area contributed by atoms with Crippen LogP contribution in [0.25, 0.3) is 0 Å². The van der Waals surface area contributed by atoms with Crippen molar-refractivity contribution in [2.45, 2.75) is 63.5 Å². The maximum atomic E-state index is 12.7. The summed E-state index contributed by atoms with van der Waals surface area (Å²) in [4.78, 5) is 14.9. The lowest BCUT2D eigenvalue weighted by molar-refractivity contribution is -0.134. The second kappa shape index (κ2) is 7.24. The van der Waals surface area contributed by atoms with E-state index in [1.54, 1.807) is 14.2 Å². The molecule has 2 saturated carbocycles. The summed E-state index contributed by atoms with van der Waals surface area (Å²) >= 11 is 0. The van der Waals surface area contributed by atoms with Crippen LogP contribution in [0, 0.1) is 0 Å². The Hall–Kier alpha value is -1.71. The van der Waals surface area contributed by atoms with Gasteiger partial charge in [-0.1, -0.05) is 18.9 Å². The molecule has 4 heteroatoms. The van der Waals surface area contributed by atoms with E-state index < -0.39 is 0 Å². The molecule has 0 aromatic heterocycles. The first kappa shape index (κ1) is 16.2. The first-order valence-corrected chi connectivity index (χ1v) is 8.75. The van der Waals surface area contributed by atoms with Gasteiger partial charge in [-0.25, -0.2) is 0 Å². The van der Waals surface area contributed by atoms with Crippen LogP contribution in [-0.4, -0.2) is 37.1 Å². The van der Waals surface area contributed by atoms with Crippen molar-refractivity contribution >= 4 is 5.91 Å². The first-order chi connectivity index (χ1) is 11.2. The normalized spacial score (nSPS) is 18.0. The molecule has 0 radical (unpaired) electrons. The van der Waals surface area contributed by atoms with Crippen LogP contribution in [-0.2, 0) is 11.2 Å². The second-order valence-electron chi connectivity index (χ2n) is 6.66. The van der Waals surface area contributed by atoms with Gasteiger partial charge in [0.25, 0.3) is 0 Å². The van der Waals surface area contributed by atoms with E-state index in [9.17, 15) is 4.79 Å². The molecule has 0 spiro atoms. The summed E-state index contributed by atoms with van der Waals surface area (Å²) in [7, 11) is 3.28. The molecule has 1 amide bonds. The standard InChI is InChI=1S/C19H27NO3/c1-22-17-11-7-14(13-18(17)23-2)8-12-19(21)20(16-9-10-16)15-5-3-4-6-15/h7,11,13,15-16H,3-6,8-10,12H2,1-2H3. The Bertz CT molecular complexity index is 548. The molecule has 0 bridgehead atoms. The molecule has 0 unspecified atom stereocenters. The molecule has 23 heavy (non-hydrogen) atoms. The Labute approximate surface area is 138 Å². The Morgan fingerprint density at radius 2 is 1.70 bits per heavy atom. The van der Waals surface area contributed by atoms with Gasteiger partial charge >= 0.3 is 0 Å². The van der Waals surface area contributed by atoms with Gasteiger partial charge in [0.2, 0.25) is 5.91 Å². The van der Waals surface area contributed by atoms with E-state index in [1.807, 2.05) is 18.2 Å². The molecular formula is C19H27NO3. The molecule has 3 rings (SSSR count). The van der Waals surface area contributed by atoms with Gasteiger partial charge in [-0.05, 0) is 49.8 Å². The van der Waals surface area contributed by atoms with Crippen LogP contribution in [0.1, 0.15) is 50.5 Å². The second-order valence-corrected chi connectivity index (χ2v) is 6.66. The minimum Gasteiger partial charge on any atom is -0.493 e. The zero-order chi connectivity index (χ0) is 16.2. The summed E-state index contributed by atoms with van der Waals surface area (Å²) in [6, 6.07) is 6.93. The summed E-state index contributed by atoms with van der Waals surface area (Å²) < 4.78 is 10.6. The van der Waals surface area contributed by atoms with Crippen molar-refractivity contribution in [3.8, 4) is 11.5 Å². The third-order valence-corrected chi connectivity index (χ3v) is 5.02. The van der Waals surface area contributed by atoms with Gasteiger partial charge in [0.1, 0.15) is 0 Å². The van der Waals surface area contributed by atoms with E-state index in [-0.39, 0.29) is 0 Å². The zero-order valence-electron chi connectivity index (χ0n) is 14.2. The zero-order valence-corrected chi connectivity index (χ0v) is 14.2. The van der Waals surface area contributed by atoms with Crippen molar-refractivity contribution < 1.29 is 14.3 Å². The van der Waals surface area contributed by atoms with E-state index in [1.165, 1.54) is 38.5 Å². The van der Waals surface area contributed by atoms with Gasteiger partial charge in [0.15, 0.2) is 11.5 Å². The fourth-order valence-electron chi connectivity index (χ4n) is 3.66. The van der Waals surface area contributed by atoms with Crippen molar-refractivity contribution in [1.29, 1.82) is 0 Å². The van der Waals surface area contributed by atoms with Crippen LogP contribution >= 0.6 is 0 Å². The molecule has 2 aliphatic rings. The number of nitrogens with zero attached hydrogens (tertiary/aromatic N) is 1. The van der Waals surface area contributed by atoms with E-state index in [0.717, 1.165) is 23.5 Å². The number of methoxy groups -OCH3 is 2. The number of ether oxygens (including phenoxy) is 2. The van der Waals surface area contributed by atoms with Crippen molar-refractivity contribution in [2.24, 2.45) is 0 Å². The third-order valence-electron chi connectivity index (χ3n) is 5.02. The highest BCUT2D eigenvalue weighted by Crippen LogP contribution is 2.35. The minimum atomic E-state index is 0.328. The average Bonchev–Trinajstić information content (AvgIpc) is 3.26. The Morgan fingerprint density at radius 3 is 2.30 bits per heavy atom. The number of carbonyl (C=O) groups is 1. The van der Waals surface area contributed by atoms with Crippen molar-refractivity contribution in [1.82, 2.24) is 4.90 Å². The smallest absolute Gasteiger partial charge is 0.223 e. The van der Waals surface area contributed by atoms with Crippen molar-refractivity contribution in [2.75, 3.05) is 14.2 Å². The van der Waals surface area contributed by atoms with Gasteiger partial charge in [0.05, 0.1) is 14.2 Å². The van der Waals surface area contributed by atoms with Crippen molar-refractivity contribution in [3.63, 3.8) is 0 Å². The molecule has 0 N–H and O–H groups in total. The molecule has 0 saturated heterocycles. The molecule has 0 heterocycles. The molecule has 126 valence electrons. The molecule has 2 aliphatic carbocycles. The number of rotatable bonds is 7. The predicted octanol–water partition coefficient (Wildman–Crippen LogP) is 3.57. The largest absolute Gasteiger partial charge is 0.493 e. The lowest BCUT2D eigenvalue weighted by Crippen LogP contribution is -2.40. The highest BCUT2D eigenvalue weighted by Gasteiger charge is 2.37. The number of hydrogen-bond acceptors (Lipinski definition) is 3.